The van der Waals surface area contributed by atoms with Gasteiger partial charge >= 0.3 is 0 Å². The lowest BCUT2D eigenvalue weighted by atomic mass is 10.3. The van der Waals surface area contributed by atoms with E-state index in [0.717, 1.165) is 21.5 Å². The summed E-state index contributed by atoms with van der Waals surface area (Å²) in [5, 5.41) is 20.7. The van der Waals surface area contributed by atoms with Gasteiger partial charge in [-0.15, -0.1) is 10.2 Å². The largest absolute Gasteiger partial charge is 0.457 e. The molecule has 120 valence electrons. The van der Waals surface area contributed by atoms with Gasteiger partial charge < -0.3 is 10.1 Å². The summed E-state index contributed by atoms with van der Waals surface area (Å²) >= 11 is 2.83. The summed E-state index contributed by atoms with van der Waals surface area (Å²) < 4.78 is 6.53. The van der Waals surface area contributed by atoms with Gasteiger partial charge in [0.25, 0.3) is 0 Å². The van der Waals surface area contributed by atoms with E-state index in [4.69, 9.17) is 10.00 Å². The molecular formula is C17H14N4OS2. The zero-order valence-corrected chi connectivity index (χ0v) is 14.5. The Hall–Kier alpha value is -2.56. The van der Waals surface area contributed by atoms with Crippen LogP contribution in [0.5, 0.6) is 11.5 Å². The maximum absolute atomic E-state index is 8.83. The molecule has 7 heteroatoms. The monoisotopic (exact) mass is 354 g/mol. The standard InChI is InChI=1S/C17H14N4OS2/c1-12(11-18)23-17-21-20-16(24-17)19-13-7-9-15(10-8-13)22-14-5-3-2-4-6-14/h2-10,12H,1H3,(H,19,20)/t12-/m0/s1. The molecule has 0 spiro atoms. The zero-order valence-electron chi connectivity index (χ0n) is 12.8. The van der Waals surface area contributed by atoms with Crippen molar-refractivity contribution in [2.45, 2.75) is 16.5 Å². The lowest BCUT2D eigenvalue weighted by Gasteiger charge is -2.06. The van der Waals surface area contributed by atoms with Crippen LogP contribution in [0.15, 0.2) is 58.9 Å². The minimum atomic E-state index is -0.139. The maximum Gasteiger partial charge on any atom is 0.210 e. The molecule has 1 N–H and O–H groups in total. The number of anilines is 2. The second-order valence-corrected chi connectivity index (χ2v) is 7.39. The quantitative estimate of drug-likeness (QED) is 0.623. The Morgan fingerprint density at radius 2 is 1.79 bits per heavy atom. The Bertz CT molecular complexity index is 828. The van der Waals surface area contributed by atoms with Crippen molar-refractivity contribution in [2.75, 3.05) is 5.32 Å². The van der Waals surface area contributed by atoms with E-state index in [1.165, 1.54) is 23.1 Å². The molecule has 0 unspecified atom stereocenters. The minimum Gasteiger partial charge on any atom is -0.457 e. The average Bonchev–Trinajstić information content (AvgIpc) is 3.04. The third kappa shape index (κ3) is 4.47. The summed E-state index contributed by atoms with van der Waals surface area (Å²) in [5.74, 6) is 1.57. The van der Waals surface area contributed by atoms with Crippen molar-refractivity contribution in [3.63, 3.8) is 0 Å². The number of ether oxygens (including phenoxy) is 1. The number of hydrogen-bond acceptors (Lipinski definition) is 7. The number of nitriles is 1. The predicted octanol–water partition coefficient (Wildman–Crippen LogP) is 5.08. The topological polar surface area (TPSA) is 70.8 Å². The lowest BCUT2D eigenvalue weighted by Crippen LogP contribution is -1.90. The highest BCUT2D eigenvalue weighted by Gasteiger charge is 2.09. The third-order valence-electron chi connectivity index (χ3n) is 2.95. The number of rotatable bonds is 6. The zero-order chi connectivity index (χ0) is 16.8. The summed E-state index contributed by atoms with van der Waals surface area (Å²) in [4.78, 5) is 0. The van der Waals surface area contributed by atoms with Crippen molar-refractivity contribution in [2.24, 2.45) is 0 Å². The number of nitrogens with one attached hydrogen (secondary N) is 1. The van der Waals surface area contributed by atoms with E-state index in [1.807, 2.05) is 61.5 Å². The van der Waals surface area contributed by atoms with Gasteiger partial charge in [-0.3, -0.25) is 0 Å². The van der Waals surface area contributed by atoms with Crippen molar-refractivity contribution >= 4 is 33.9 Å². The van der Waals surface area contributed by atoms with Crippen LogP contribution in [0, 0.1) is 11.3 Å². The maximum atomic E-state index is 8.83. The Kier molecular flexibility index (Phi) is 5.31. The molecule has 5 nitrogen and oxygen atoms in total. The molecule has 1 aromatic heterocycles. The van der Waals surface area contributed by atoms with Gasteiger partial charge in [0.1, 0.15) is 11.5 Å². The Labute approximate surface area is 148 Å². The lowest BCUT2D eigenvalue weighted by molar-refractivity contribution is 0.483. The van der Waals surface area contributed by atoms with E-state index < -0.39 is 0 Å². The highest BCUT2D eigenvalue weighted by atomic mass is 32.2. The molecule has 0 aliphatic carbocycles. The molecule has 0 saturated carbocycles. The molecule has 1 atom stereocenters. The number of nitrogens with zero attached hydrogens (tertiary/aromatic N) is 3. The molecule has 3 rings (SSSR count). The van der Waals surface area contributed by atoms with Crippen molar-refractivity contribution in [3.05, 3.63) is 54.6 Å². The molecule has 0 bridgehead atoms. The second kappa shape index (κ2) is 7.81. The van der Waals surface area contributed by atoms with Crippen LogP contribution in [0.25, 0.3) is 0 Å². The van der Waals surface area contributed by atoms with E-state index in [1.54, 1.807) is 0 Å². The fraction of sp³-hybridized carbons (Fsp3) is 0.118. The Morgan fingerprint density at radius 1 is 1.08 bits per heavy atom. The summed E-state index contributed by atoms with van der Waals surface area (Å²) in [6.07, 6.45) is 0. The molecule has 0 saturated heterocycles. The number of thioether (sulfide) groups is 1. The van der Waals surface area contributed by atoms with Crippen LogP contribution >= 0.6 is 23.1 Å². The van der Waals surface area contributed by atoms with E-state index in [2.05, 4.69) is 21.6 Å². The smallest absolute Gasteiger partial charge is 0.210 e. The fourth-order valence-electron chi connectivity index (χ4n) is 1.84. The van der Waals surface area contributed by atoms with E-state index in [9.17, 15) is 0 Å². The minimum absolute atomic E-state index is 0.139. The molecule has 3 aromatic rings. The number of hydrogen-bond donors (Lipinski definition) is 1. The molecule has 0 fully saturated rings. The van der Waals surface area contributed by atoms with Crippen LogP contribution in [0.4, 0.5) is 10.8 Å². The summed E-state index contributed by atoms with van der Waals surface area (Å²) in [6, 6.07) is 19.4. The number of benzene rings is 2. The first-order chi connectivity index (χ1) is 11.7. The SMILES string of the molecule is C[C@@H](C#N)Sc1nnc(Nc2ccc(Oc3ccccc3)cc2)s1. The molecule has 0 radical (unpaired) electrons. The first-order valence-electron chi connectivity index (χ1n) is 7.23. The predicted molar refractivity (Wildman–Crippen MR) is 97.1 cm³/mol. The van der Waals surface area contributed by atoms with Gasteiger partial charge in [-0.25, -0.2) is 0 Å². The molecule has 1 heterocycles. The van der Waals surface area contributed by atoms with Crippen LogP contribution in [0.2, 0.25) is 0 Å². The van der Waals surface area contributed by atoms with Crippen LogP contribution in [0.1, 0.15) is 6.92 Å². The van der Waals surface area contributed by atoms with Crippen molar-refractivity contribution in [1.82, 2.24) is 10.2 Å². The van der Waals surface area contributed by atoms with Gasteiger partial charge in [-0.2, -0.15) is 5.26 Å². The van der Waals surface area contributed by atoms with Gasteiger partial charge in [-0.05, 0) is 43.3 Å². The van der Waals surface area contributed by atoms with Gasteiger partial charge in [0, 0.05) is 5.69 Å². The van der Waals surface area contributed by atoms with Crippen LogP contribution in [0.3, 0.4) is 0 Å². The van der Waals surface area contributed by atoms with Gasteiger partial charge in [0.2, 0.25) is 5.13 Å². The molecular weight excluding hydrogens is 340 g/mol. The summed E-state index contributed by atoms with van der Waals surface area (Å²) in [5.41, 5.74) is 0.899. The van der Waals surface area contributed by atoms with Crippen molar-refractivity contribution in [1.29, 1.82) is 5.26 Å². The third-order valence-corrected chi connectivity index (χ3v) is 4.86. The van der Waals surface area contributed by atoms with E-state index >= 15 is 0 Å². The highest BCUT2D eigenvalue weighted by molar-refractivity contribution is 8.01. The van der Waals surface area contributed by atoms with Crippen molar-refractivity contribution in [3.8, 4) is 17.6 Å². The normalized spacial score (nSPS) is 11.5. The molecule has 24 heavy (non-hydrogen) atoms. The van der Waals surface area contributed by atoms with E-state index in [0.29, 0.717) is 5.13 Å². The van der Waals surface area contributed by atoms with Gasteiger partial charge in [0.15, 0.2) is 4.34 Å². The van der Waals surface area contributed by atoms with Crippen LogP contribution in [-0.2, 0) is 0 Å². The fourth-order valence-corrected chi connectivity index (χ4v) is 3.64. The summed E-state index contributed by atoms with van der Waals surface area (Å²) in [7, 11) is 0. The average molecular weight is 354 g/mol. The molecule has 0 aliphatic rings. The Morgan fingerprint density at radius 3 is 2.50 bits per heavy atom. The molecule has 0 aliphatic heterocycles. The molecule has 0 amide bonds. The number of para-hydroxylation sites is 1. The summed E-state index contributed by atoms with van der Waals surface area (Å²) in [6.45, 7) is 1.84. The van der Waals surface area contributed by atoms with Gasteiger partial charge in [0.05, 0.1) is 11.3 Å². The Balaban J connectivity index is 1.61. The van der Waals surface area contributed by atoms with Gasteiger partial charge in [-0.1, -0.05) is 41.3 Å². The van der Waals surface area contributed by atoms with Crippen LogP contribution in [-0.4, -0.2) is 15.4 Å². The van der Waals surface area contributed by atoms with Crippen LogP contribution < -0.4 is 10.1 Å². The van der Waals surface area contributed by atoms with E-state index in [-0.39, 0.29) is 5.25 Å². The highest BCUT2D eigenvalue weighted by Crippen LogP contribution is 2.30. The van der Waals surface area contributed by atoms with Crippen molar-refractivity contribution < 1.29 is 4.74 Å². The first kappa shape index (κ1) is 16.3. The second-order valence-electron chi connectivity index (χ2n) is 4.83. The number of aromatic nitrogens is 2. The molecule has 2 aromatic carbocycles. The first-order valence-corrected chi connectivity index (χ1v) is 8.92.